The Balaban J connectivity index is 1.83. The first-order valence-corrected chi connectivity index (χ1v) is 10.4. The maximum Gasteiger partial charge on any atom is 0.266 e. The number of thioether (sulfide) groups is 1. The van der Waals surface area contributed by atoms with Gasteiger partial charge in [0.05, 0.1) is 4.91 Å². The van der Waals surface area contributed by atoms with E-state index in [4.69, 9.17) is 12.2 Å². The number of carbonyl (C=O) groups excluding carboxylic acids is 1. The van der Waals surface area contributed by atoms with Crippen LogP contribution >= 0.6 is 24.0 Å². The molecule has 0 spiro atoms. The fourth-order valence-corrected chi connectivity index (χ4v) is 4.93. The number of rotatable bonds is 5. The van der Waals surface area contributed by atoms with E-state index in [1.54, 1.807) is 4.90 Å². The minimum Gasteiger partial charge on any atom is -0.347 e. The number of hydrogen-bond acceptors (Lipinski definition) is 4. The number of likely N-dealkylation sites (N-methyl/N-ethyl adjacent to an activating group) is 1. The van der Waals surface area contributed by atoms with Gasteiger partial charge in [0.1, 0.15) is 4.32 Å². The maximum atomic E-state index is 12.7. The van der Waals surface area contributed by atoms with Gasteiger partial charge >= 0.3 is 0 Å². The molecule has 0 bridgehead atoms. The molecule has 0 unspecified atom stereocenters. The van der Waals surface area contributed by atoms with Crippen LogP contribution in [0.15, 0.2) is 47.0 Å². The summed E-state index contributed by atoms with van der Waals surface area (Å²) in [6, 6.07) is 8.47. The van der Waals surface area contributed by atoms with Crippen LogP contribution in [0.4, 0.5) is 5.69 Å². The molecular formula is C21H26N2OS2. The van der Waals surface area contributed by atoms with Crippen molar-refractivity contribution in [2.45, 2.75) is 45.4 Å². The summed E-state index contributed by atoms with van der Waals surface area (Å²) in [5, 5.41) is 0. The first-order valence-electron chi connectivity index (χ1n) is 9.17. The molecule has 5 heteroatoms. The van der Waals surface area contributed by atoms with Crippen molar-refractivity contribution in [1.29, 1.82) is 0 Å². The molecule has 3 nitrogen and oxygen atoms in total. The van der Waals surface area contributed by atoms with Crippen LogP contribution in [0.3, 0.4) is 0 Å². The Labute approximate surface area is 166 Å². The molecule has 1 saturated heterocycles. The second kappa shape index (κ2) is 7.57. The van der Waals surface area contributed by atoms with E-state index in [2.05, 4.69) is 63.1 Å². The summed E-state index contributed by atoms with van der Waals surface area (Å²) < 4.78 is 0.679. The molecule has 26 heavy (non-hydrogen) atoms. The number of amides is 1. The van der Waals surface area contributed by atoms with E-state index >= 15 is 0 Å². The van der Waals surface area contributed by atoms with E-state index in [1.165, 1.54) is 28.7 Å². The first-order chi connectivity index (χ1) is 12.4. The molecule has 1 aromatic rings. The highest BCUT2D eigenvalue weighted by molar-refractivity contribution is 8.26. The van der Waals surface area contributed by atoms with Crippen molar-refractivity contribution < 1.29 is 4.79 Å². The van der Waals surface area contributed by atoms with Gasteiger partial charge in [-0.15, -0.1) is 0 Å². The fourth-order valence-electron chi connectivity index (χ4n) is 3.68. The summed E-state index contributed by atoms with van der Waals surface area (Å²) in [6.07, 6.45) is 7.29. The van der Waals surface area contributed by atoms with Gasteiger partial charge in [-0.3, -0.25) is 9.69 Å². The van der Waals surface area contributed by atoms with Gasteiger partial charge in [0, 0.05) is 30.4 Å². The van der Waals surface area contributed by atoms with Crippen molar-refractivity contribution in [3.05, 3.63) is 52.6 Å². The number of fused-ring (bicyclic) bond motifs is 1. The average molecular weight is 387 g/mol. The third kappa shape index (κ3) is 3.35. The Kier molecular flexibility index (Phi) is 5.58. The zero-order valence-electron chi connectivity index (χ0n) is 15.9. The largest absolute Gasteiger partial charge is 0.347 e. The molecule has 0 aliphatic carbocycles. The van der Waals surface area contributed by atoms with E-state index in [0.29, 0.717) is 4.32 Å². The minimum atomic E-state index is -0.0873. The Hall–Kier alpha value is -1.59. The molecule has 1 aromatic carbocycles. The third-order valence-corrected chi connectivity index (χ3v) is 6.59. The summed E-state index contributed by atoms with van der Waals surface area (Å²) in [7, 11) is 2.09. The maximum absolute atomic E-state index is 12.7. The Morgan fingerprint density at radius 1 is 1.19 bits per heavy atom. The van der Waals surface area contributed by atoms with Gasteiger partial charge in [-0.25, -0.2) is 0 Å². The van der Waals surface area contributed by atoms with Gasteiger partial charge in [0.15, 0.2) is 0 Å². The molecule has 3 rings (SSSR count). The molecule has 1 amide bonds. The standard InChI is InChI=1S/C21H26N2OS2/c1-5-6-9-14-23-19(24)17(26-20(23)25)12-13-18-21(2,3)15-10-7-8-11-16(15)22(18)4/h7-8,10-13H,5-6,9,14H2,1-4H3/b17-12+,18-13-. The van der Waals surface area contributed by atoms with E-state index in [9.17, 15) is 4.79 Å². The highest BCUT2D eigenvalue weighted by Gasteiger charge is 2.38. The number of hydrogen-bond donors (Lipinski definition) is 0. The third-order valence-electron chi connectivity index (χ3n) is 5.19. The Morgan fingerprint density at radius 2 is 1.92 bits per heavy atom. The number of benzene rings is 1. The minimum absolute atomic E-state index is 0.0453. The van der Waals surface area contributed by atoms with Gasteiger partial charge in [-0.05, 0) is 30.2 Å². The van der Waals surface area contributed by atoms with E-state index in [1.807, 2.05) is 6.08 Å². The number of thiocarbonyl (C=S) groups is 1. The van der Waals surface area contributed by atoms with E-state index in [0.717, 1.165) is 30.7 Å². The van der Waals surface area contributed by atoms with Crippen molar-refractivity contribution in [2.75, 3.05) is 18.5 Å². The van der Waals surface area contributed by atoms with Crippen LogP contribution in [0.2, 0.25) is 0 Å². The highest BCUT2D eigenvalue weighted by Crippen LogP contribution is 2.46. The van der Waals surface area contributed by atoms with Crippen molar-refractivity contribution in [2.24, 2.45) is 0 Å². The van der Waals surface area contributed by atoms with Gasteiger partial charge in [0.25, 0.3) is 5.91 Å². The summed E-state index contributed by atoms with van der Waals surface area (Å²) in [4.78, 5) is 17.4. The second-order valence-corrected chi connectivity index (χ2v) is 8.99. The molecule has 1 fully saturated rings. The smallest absolute Gasteiger partial charge is 0.266 e. The predicted octanol–water partition coefficient (Wildman–Crippen LogP) is 5.23. The lowest BCUT2D eigenvalue weighted by molar-refractivity contribution is -0.122. The topological polar surface area (TPSA) is 23.6 Å². The van der Waals surface area contributed by atoms with Crippen molar-refractivity contribution in [3.63, 3.8) is 0 Å². The van der Waals surface area contributed by atoms with Crippen molar-refractivity contribution in [1.82, 2.24) is 4.90 Å². The fraction of sp³-hybridized carbons (Fsp3) is 0.429. The molecule has 0 aromatic heterocycles. The molecule has 2 aliphatic heterocycles. The number of anilines is 1. The van der Waals surface area contributed by atoms with Gasteiger partial charge in [-0.2, -0.15) is 0 Å². The summed E-state index contributed by atoms with van der Waals surface area (Å²) >= 11 is 6.83. The quantitative estimate of drug-likeness (QED) is 0.393. The Morgan fingerprint density at radius 3 is 2.62 bits per heavy atom. The molecule has 2 heterocycles. The summed E-state index contributed by atoms with van der Waals surface area (Å²) in [5.41, 5.74) is 3.64. The monoisotopic (exact) mass is 386 g/mol. The predicted molar refractivity (Wildman–Crippen MR) is 115 cm³/mol. The van der Waals surface area contributed by atoms with Crippen LogP contribution in [-0.4, -0.2) is 28.7 Å². The zero-order valence-corrected chi connectivity index (χ0v) is 17.5. The molecule has 0 atom stereocenters. The SMILES string of the molecule is CCCCCN1C(=O)/C(=C\C=C2/N(C)c3ccccc3C2(C)C)SC1=S. The zero-order chi connectivity index (χ0) is 18.9. The molecule has 0 saturated carbocycles. The van der Waals surface area contributed by atoms with Crippen LogP contribution in [-0.2, 0) is 10.2 Å². The number of allylic oxidation sites excluding steroid dienone is 3. The average Bonchev–Trinajstić information content (AvgIpc) is 2.99. The summed E-state index contributed by atoms with van der Waals surface area (Å²) in [5.74, 6) is 0.0453. The highest BCUT2D eigenvalue weighted by atomic mass is 32.2. The van der Waals surface area contributed by atoms with Crippen LogP contribution in [0.5, 0.6) is 0 Å². The van der Waals surface area contributed by atoms with Gasteiger partial charge in [-0.1, -0.05) is 75.8 Å². The second-order valence-electron chi connectivity index (χ2n) is 7.32. The lowest BCUT2D eigenvalue weighted by atomic mass is 9.84. The first kappa shape index (κ1) is 19.2. The lowest BCUT2D eigenvalue weighted by Crippen LogP contribution is -2.29. The van der Waals surface area contributed by atoms with Crippen LogP contribution < -0.4 is 4.90 Å². The van der Waals surface area contributed by atoms with E-state index in [-0.39, 0.29) is 11.3 Å². The molecule has 2 aliphatic rings. The Bertz CT molecular complexity index is 795. The van der Waals surface area contributed by atoms with Crippen LogP contribution in [0.1, 0.15) is 45.6 Å². The molecule has 138 valence electrons. The van der Waals surface area contributed by atoms with Crippen LogP contribution in [0, 0.1) is 0 Å². The number of unbranched alkanes of at least 4 members (excludes halogenated alkanes) is 2. The number of para-hydroxylation sites is 1. The normalized spacial score (nSPS) is 22.0. The van der Waals surface area contributed by atoms with Crippen molar-refractivity contribution in [3.8, 4) is 0 Å². The number of nitrogens with zero attached hydrogens (tertiary/aromatic N) is 2. The van der Waals surface area contributed by atoms with Gasteiger partial charge < -0.3 is 4.90 Å². The van der Waals surface area contributed by atoms with E-state index < -0.39 is 0 Å². The molecule has 0 radical (unpaired) electrons. The van der Waals surface area contributed by atoms with Crippen LogP contribution in [0.25, 0.3) is 0 Å². The molecular weight excluding hydrogens is 360 g/mol. The van der Waals surface area contributed by atoms with Crippen molar-refractivity contribution >= 4 is 39.9 Å². The van der Waals surface area contributed by atoms with Gasteiger partial charge in [0.2, 0.25) is 0 Å². The summed E-state index contributed by atoms with van der Waals surface area (Å²) in [6.45, 7) is 7.34. The molecule has 0 N–H and O–H groups in total. The number of carbonyl (C=O) groups is 1. The lowest BCUT2D eigenvalue weighted by Gasteiger charge is -2.23.